The van der Waals surface area contributed by atoms with Crippen molar-refractivity contribution in [1.29, 1.82) is 0 Å². The van der Waals surface area contributed by atoms with Gasteiger partial charge in [-0.25, -0.2) is 8.42 Å². The number of nitrogens with two attached hydrogens (primary N) is 1. The van der Waals surface area contributed by atoms with Crippen LogP contribution in [0.15, 0.2) is 47.4 Å². The van der Waals surface area contributed by atoms with E-state index in [1.165, 1.54) is 18.2 Å². The number of hydrogen-bond acceptors (Lipinski definition) is 6. The predicted molar refractivity (Wildman–Crippen MR) is 124 cm³/mol. The Hall–Kier alpha value is -2.98. The van der Waals surface area contributed by atoms with Crippen molar-refractivity contribution in [2.24, 2.45) is 11.7 Å². The van der Waals surface area contributed by atoms with E-state index in [1.807, 2.05) is 6.92 Å². The van der Waals surface area contributed by atoms with Gasteiger partial charge in [-0.1, -0.05) is 11.6 Å². The Kier molecular flexibility index (Phi) is 8.04. The number of hydrogen-bond donors (Lipinski definition) is 2. The number of carbonyl (C=O) groups excluding carboxylic acids is 2. The fourth-order valence-corrected chi connectivity index (χ4v) is 4.79. The monoisotopic (exact) mass is 495 g/mol. The molecule has 3 rings (SSSR count). The predicted octanol–water partition coefficient (Wildman–Crippen LogP) is 2.64. The first kappa shape index (κ1) is 24.7. The van der Waals surface area contributed by atoms with Crippen LogP contribution in [0.3, 0.4) is 0 Å². The van der Waals surface area contributed by atoms with Crippen molar-refractivity contribution in [1.82, 2.24) is 4.90 Å². The van der Waals surface area contributed by atoms with Gasteiger partial charge in [0.15, 0.2) is 6.61 Å². The Morgan fingerprint density at radius 3 is 2.36 bits per heavy atom. The van der Waals surface area contributed by atoms with Gasteiger partial charge >= 0.3 is 0 Å². The molecule has 0 bridgehead atoms. The highest BCUT2D eigenvalue weighted by atomic mass is 35.5. The summed E-state index contributed by atoms with van der Waals surface area (Å²) < 4.78 is 38.7. The van der Waals surface area contributed by atoms with Gasteiger partial charge in [-0.2, -0.15) is 0 Å². The average molecular weight is 496 g/mol. The van der Waals surface area contributed by atoms with Gasteiger partial charge in [-0.15, -0.1) is 0 Å². The normalized spacial score (nSPS) is 14.5. The Labute approximate surface area is 197 Å². The number of amides is 2. The van der Waals surface area contributed by atoms with Crippen LogP contribution in [0.4, 0.5) is 5.69 Å². The first-order chi connectivity index (χ1) is 15.7. The fraction of sp³-hybridized carbons (Fsp3) is 0.364. The second-order valence-corrected chi connectivity index (χ2v) is 9.59. The average Bonchev–Trinajstić information content (AvgIpc) is 2.79. The molecule has 3 N–H and O–H groups in total. The van der Waals surface area contributed by atoms with Gasteiger partial charge in [0.2, 0.25) is 5.91 Å². The van der Waals surface area contributed by atoms with Crippen molar-refractivity contribution in [2.45, 2.75) is 24.7 Å². The minimum atomic E-state index is -3.88. The molecule has 2 aromatic carbocycles. The van der Waals surface area contributed by atoms with Gasteiger partial charge in [0.25, 0.3) is 15.9 Å². The second kappa shape index (κ2) is 10.8. The van der Waals surface area contributed by atoms with Gasteiger partial charge in [0, 0.05) is 24.7 Å². The molecule has 1 saturated heterocycles. The standard InChI is InChI=1S/C22H26ClN3O6S/c1-2-31-17-5-3-16(4-6-17)25-33(29,30)18-7-8-20(19(23)13-18)32-14-21(27)26-11-9-15(10-12-26)22(24)28/h3-8,13,15,25H,2,9-12,14H2,1H3,(H2,24,28). The summed E-state index contributed by atoms with van der Waals surface area (Å²) in [5, 5.41) is 0.0600. The molecule has 1 aliphatic heterocycles. The third kappa shape index (κ3) is 6.52. The molecule has 0 unspecified atom stereocenters. The maximum atomic E-state index is 12.7. The van der Waals surface area contributed by atoms with Crippen LogP contribution in [0.2, 0.25) is 5.02 Å². The summed E-state index contributed by atoms with van der Waals surface area (Å²) in [4.78, 5) is 25.2. The Bertz CT molecular complexity index is 1100. The molecule has 0 atom stereocenters. The molecule has 0 spiro atoms. The van der Waals surface area contributed by atoms with Crippen LogP contribution in [-0.2, 0) is 19.6 Å². The number of primary amides is 1. The molecule has 1 heterocycles. The number of anilines is 1. The highest BCUT2D eigenvalue weighted by Crippen LogP contribution is 2.29. The Balaban J connectivity index is 1.58. The van der Waals surface area contributed by atoms with Crippen molar-refractivity contribution < 1.29 is 27.5 Å². The lowest BCUT2D eigenvalue weighted by Gasteiger charge is -2.30. The summed E-state index contributed by atoms with van der Waals surface area (Å²) in [6, 6.07) is 10.5. The maximum Gasteiger partial charge on any atom is 0.261 e. The molecule has 2 amide bonds. The summed E-state index contributed by atoms with van der Waals surface area (Å²) in [6.45, 7) is 2.97. The lowest BCUT2D eigenvalue weighted by molar-refractivity contribution is -0.136. The van der Waals surface area contributed by atoms with Gasteiger partial charge in [-0.3, -0.25) is 14.3 Å². The van der Waals surface area contributed by atoms with Crippen molar-refractivity contribution in [3.05, 3.63) is 47.5 Å². The van der Waals surface area contributed by atoms with E-state index in [0.29, 0.717) is 44.0 Å². The number of halogens is 1. The summed E-state index contributed by atoms with van der Waals surface area (Å²) in [5.41, 5.74) is 5.68. The number of nitrogens with one attached hydrogen (secondary N) is 1. The summed E-state index contributed by atoms with van der Waals surface area (Å²) in [7, 11) is -3.88. The molecule has 0 aliphatic carbocycles. The third-order valence-electron chi connectivity index (χ3n) is 5.23. The van der Waals surface area contributed by atoms with Crippen LogP contribution in [0, 0.1) is 5.92 Å². The zero-order chi connectivity index (χ0) is 24.0. The van der Waals surface area contributed by atoms with E-state index in [9.17, 15) is 18.0 Å². The van der Waals surface area contributed by atoms with Gasteiger partial charge < -0.3 is 20.1 Å². The number of piperidine rings is 1. The number of ether oxygens (including phenoxy) is 2. The summed E-state index contributed by atoms with van der Waals surface area (Å²) >= 11 is 6.21. The number of likely N-dealkylation sites (tertiary alicyclic amines) is 1. The number of sulfonamides is 1. The second-order valence-electron chi connectivity index (χ2n) is 7.50. The topological polar surface area (TPSA) is 128 Å². The molecule has 0 radical (unpaired) electrons. The molecule has 2 aromatic rings. The molecular formula is C22H26ClN3O6S. The summed E-state index contributed by atoms with van der Waals surface area (Å²) in [6.07, 6.45) is 1.05. The Morgan fingerprint density at radius 1 is 1.12 bits per heavy atom. The number of nitrogens with zero attached hydrogens (tertiary/aromatic N) is 1. The van der Waals surface area contributed by atoms with Crippen LogP contribution in [0.25, 0.3) is 0 Å². The third-order valence-corrected chi connectivity index (χ3v) is 6.91. The molecule has 1 aliphatic rings. The molecule has 11 heteroatoms. The number of carbonyl (C=O) groups is 2. The van der Waals surface area contributed by atoms with E-state index in [2.05, 4.69) is 4.72 Å². The minimum absolute atomic E-state index is 0.0476. The van der Waals surface area contributed by atoms with Crippen molar-refractivity contribution in [2.75, 3.05) is 31.0 Å². The zero-order valence-corrected chi connectivity index (χ0v) is 19.7. The van der Waals surface area contributed by atoms with Crippen molar-refractivity contribution in [3.63, 3.8) is 0 Å². The van der Waals surface area contributed by atoms with Crippen LogP contribution >= 0.6 is 11.6 Å². The van der Waals surface area contributed by atoms with E-state index in [0.717, 1.165) is 0 Å². The van der Waals surface area contributed by atoms with E-state index in [-0.39, 0.29) is 40.0 Å². The van der Waals surface area contributed by atoms with Crippen LogP contribution in [0.5, 0.6) is 11.5 Å². The van der Waals surface area contributed by atoms with E-state index in [1.54, 1.807) is 29.2 Å². The molecule has 178 valence electrons. The molecule has 0 saturated carbocycles. The minimum Gasteiger partial charge on any atom is -0.494 e. The smallest absolute Gasteiger partial charge is 0.261 e. The molecule has 1 fully saturated rings. The van der Waals surface area contributed by atoms with E-state index in [4.69, 9.17) is 26.8 Å². The van der Waals surface area contributed by atoms with E-state index >= 15 is 0 Å². The molecule has 33 heavy (non-hydrogen) atoms. The lowest BCUT2D eigenvalue weighted by Crippen LogP contribution is -2.43. The Morgan fingerprint density at radius 2 is 1.79 bits per heavy atom. The highest BCUT2D eigenvalue weighted by Gasteiger charge is 2.26. The SMILES string of the molecule is CCOc1ccc(NS(=O)(=O)c2ccc(OCC(=O)N3CCC(C(N)=O)CC3)c(Cl)c2)cc1. The van der Waals surface area contributed by atoms with E-state index < -0.39 is 10.0 Å². The van der Waals surface area contributed by atoms with Crippen LogP contribution in [-0.4, -0.2) is 51.4 Å². The number of benzene rings is 2. The van der Waals surface area contributed by atoms with Gasteiger partial charge in [0.1, 0.15) is 11.5 Å². The summed E-state index contributed by atoms with van der Waals surface area (Å²) in [5.74, 6) is 0.0176. The fourth-order valence-electron chi connectivity index (χ4n) is 3.41. The van der Waals surface area contributed by atoms with Crippen LogP contribution < -0.4 is 19.9 Å². The van der Waals surface area contributed by atoms with Gasteiger partial charge in [0.05, 0.1) is 16.5 Å². The van der Waals surface area contributed by atoms with Gasteiger partial charge in [-0.05, 0) is 62.2 Å². The zero-order valence-electron chi connectivity index (χ0n) is 18.1. The van der Waals surface area contributed by atoms with Crippen LogP contribution in [0.1, 0.15) is 19.8 Å². The quantitative estimate of drug-likeness (QED) is 0.550. The largest absolute Gasteiger partial charge is 0.494 e. The number of rotatable bonds is 9. The first-order valence-corrected chi connectivity index (χ1v) is 12.3. The lowest BCUT2D eigenvalue weighted by atomic mass is 9.96. The highest BCUT2D eigenvalue weighted by molar-refractivity contribution is 7.92. The van der Waals surface area contributed by atoms with Crippen molar-refractivity contribution >= 4 is 39.1 Å². The molecular weight excluding hydrogens is 470 g/mol. The maximum absolute atomic E-state index is 12.7. The first-order valence-electron chi connectivity index (χ1n) is 10.4. The molecule has 0 aromatic heterocycles. The molecule has 9 nitrogen and oxygen atoms in total. The van der Waals surface area contributed by atoms with Crippen molar-refractivity contribution in [3.8, 4) is 11.5 Å².